The highest BCUT2D eigenvalue weighted by Crippen LogP contribution is 2.23. The molecular weight excluding hydrogens is 314 g/mol. The third kappa shape index (κ3) is 4.04. The first kappa shape index (κ1) is 16.7. The molecule has 4 heteroatoms. The van der Waals surface area contributed by atoms with Crippen LogP contribution in [0.3, 0.4) is 0 Å². The van der Waals surface area contributed by atoms with Crippen LogP contribution in [0, 0.1) is 0 Å². The van der Waals surface area contributed by atoms with E-state index in [2.05, 4.69) is 11.6 Å². The van der Waals surface area contributed by atoms with Crippen LogP contribution in [-0.2, 0) is 22.6 Å². The van der Waals surface area contributed by atoms with Crippen LogP contribution >= 0.6 is 0 Å². The van der Waals surface area contributed by atoms with Crippen molar-refractivity contribution in [3.05, 3.63) is 78.0 Å². The van der Waals surface area contributed by atoms with Crippen LogP contribution < -0.4 is 4.74 Å². The van der Waals surface area contributed by atoms with Gasteiger partial charge in [-0.05, 0) is 29.8 Å². The summed E-state index contributed by atoms with van der Waals surface area (Å²) in [5, 5.41) is 1.10. The summed E-state index contributed by atoms with van der Waals surface area (Å²) in [4.78, 5) is 16.0. The van der Waals surface area contributed by atoms with Crippen molar-refractivity contribution in [3.63, 3.8) is 0 Å². The number of nitrogens with zero attached hydrogens (tertiary/aromatic N) is 1. The van der Waals surface area contributed by atoms with Crippen LogP contribution in [0.4, 0.5) is 0 Å². The molecule has 0 spiro atoms. The third-order valence-electron chi connectivity index (χ3n) is 3.90. The Labute approximate surface area is 146 Å². The third-order valence-corrected chi connectivity index (χ3v) is 3.90. The maximum atomic E-state index is 11.4. The molecule has 0 N–H and O–H groups in total. The van der Waals surface area contributed by atoms with Crippen molar-refractivity contribution in [2.75, 3.05) is 7.11 Å². The molecular formula is C21H19NO3. The van der Waals surface area contributed by atoms with Crippen molar-refractivity contribution in [2.45, 2.75) is 13.0 Å². The number of aromatic nitrogens is 1. The Morgan fingerprint density at radius 2 is 2.00 bits per heavy atom. The average Bonchev–Trinajstić information content (AvgIpc) is 2.66. The van der Waals surface area contributed by atoms with Gasteiger partial charge in [0.25, 0.3) is 0 Å². The Morgan fingerprint density at radius 1 is 1.16 bits per heavy atom. The second kappa shape index (κ2) is 7.62. The van der Waals surface area contributed by atoms with Gasteiger partial charge in [-0.1, -0.05) is 43.0 Å². The van der Waals surface area contributed by atoms with Crippen LogP contribution in [0.25, 0.3) is 17.0 Å². The maximum absolute atomic E-state index is 11.4. The van der Waals surface area contributed by atoms with Crippen LogP contribution in [0.5, 0.6) is 5.75 Å². The second-order valence-electron chi connectivity index (χ2n) is 5.61. The molecule has 3 aromatic rings. The largest absolute Gasteiger partial charge is 0.487 e. The molecule has 1 aromatic heterocycles. The number of carbonyl (C=O) groups is 1. The molecule has 0 saturated heterocycles. The van der Waals surface area contributed by atoms with E-state index < -0.39 is 0 Å². The lowest BCUT2D eigenvalue weighted by atomic mass is 10.1. The van der Waals surface area contributed by atoms with Crippen molar-refractivity contribution in [1.82, 2.24) is 4.98 Å². The summed E-state index contributed by atoms with van der Waals surface area (Å²) in [6, 6.07) is 17.5. The monoisotopic (exact) mass is 333 g/mol. The summed E-state index contributed by atoms with van der Waals surface area (Å²) in [6.45, 7) is 4.18. The standard InChI is InChI=1S/C21H19NO3/c1-3-16-12-15(13-21(23)24-2)8-11-20(16)25-14-18-10-9-17-6-4-5-7-19(17)22-18/h3-12H,1,13-14H2,2H3. The Morgan fingerprint density at radius 3 is 2.80 bits per heavy atom. The van der Waals surface area contributed by atoms with E-state index in [0.29, 0.717) is 12.4 Å². The summed E-state index contributed by atoms with van der Waals surface area (Å²) in [5.74, 6) is 0.433. The SMILES string of the molecule is C=Cc1cc(CC(=O)OC)ccc1OCc1ccc2ccccc2n1. The van der Waals surface area contributed by atoms with Crippen molar-refractivity contribution >= 4 is 22.9 Å². The highest BCUT2D eigenvalue weighted by atomic mass is 16.5. The fourth-order valence-electron chi connectivity index (χ4n) is 2.58. The average molecular weight is 333 g/mol. The van der Waals surface area contributed by atoms with Gasteiger partial charge in [0.1, 0.15) is 12.4 Å². The number of hydrogen-bond acceptors (Lipinski definition) is 4. The van der Waals surface area contributed by atoms with E-state index in [4.69, 9.17) is 9.47 Å². The van der Waals surface area contributed by atoms with Gasteiger partial charge in [-0.2, -0.15) is 0 Å². The van der Waals surface area contributed by atoms with Crippen molar-refractivity contribution < 1.29 is 14.3 Å². The Bertz CT molecular complexity index is 918. The van der Waals surface area contributed by atoms with Gasteiger partial charge in [0, 0.05) is 10.9 Å². The van der Waals surface area contributed by atoms with Gasteiger partial charge >= 0.3 is 5.97 Å². The molecule has 2 aromatic carbocycles. The number of ether oxygens (including phenoxy) is 2. The Hall–Kier alpha value is -3.14. The van der Waals surface area contributed by atoms with Crippen LogP contribution in [0.15, 0.2) is 61.2 Å². The highest BCUT2D eigenvalue weighted by molar-refractivity contribution is 5.78. The van der Waals surface area contributed by atoms with Gasteiger partial charge in [0.05, 0.1) is 24.7 Å². The van der Waals surface area contributed by atoms with E-state index >= 15 is 0 Å². The van der Waals surface area contributed by atoms with Gasteiger partial charge in [-0.3, -0.25) is 4.79 Å². The van der Waals surface area contributed by atoms with Crippen LogP contribution in [0.2, 0.25) is 0 Å². The van der Waals surface area contributed by atoms with E-state index in [1.807, 2.05) is 54.6 Å². The zero-order valence-corrected chi connectivity index (χ0v) is 14.1. The molecule has 126 valence electrons. The highest BCUT2D eigenvalue weighted by Gasteiger charge is 2.08. The summed E-state index contributed by atoms with van der Waals surface area (Å²) in [6.07, 6.45) is 1.94. The van der Waals surface area contributed by atoms with E-state index in [1.165, 1.54) is 7.11 Å². The van der Waals surface area contributed by atoms with Gasteiger partial charge in [0.2, 0.25) is 0 Å². The first-order valence-corrected chi connectivity index (χ1v) is 7.99. The fourth-order valence-corrected chi connectivity index (χ4v) is 2.58. The molecule has 0 unspecified atom stereocenters. The van der Waals surface area contributed by atoms with Gasteiger partial charge in [-0.25, -0.2) is 4.98 Å². The number of pyridine rings is 1. The van der Waals surface area contributed by atoms with Crippen molar-refractivity contribution in [2.24, 2.45) is 0 Å². The predicted octanol–water partition coefficient (Wildman–Crippen LogP) is 4.17. The Balaban J connectivity index is 1.75. The molecule has 0 aliphatic carbocycles. The molecule has 0 radical (unpaired) electrons. The summed E-state index contributed by atoms with van der Waals surface area (Å²) < 4.78 is 10.6. The van der Waals surface area contributed by atoms with Gasteiger partial charge < -0.3 is 9.47 Å². The minimum atomic E-state index is -0.274. The second-order valence-corrected chi connectivity index (χ2v) is 5.61. The zero-order chi connectivity index (χ0) is 17.6. The van der Waals surface area contributed by atoms with Gasteiger partial charge in [-0.15, -0.1) is 0 Å². The molecule has 0 bridgehead atoms. The molecule has 25 heavy (non-hydrogen) atoms. The molecule has 0 saturated carbocycles. The molecule has 3 rings (SSSR count). The first-order valence-electron chi connectivity index (χ1n) is 7.99. The minimum Gasteiger partial charge on any atom is -0.487 e. The first-order chi connectivity index (χ1) is 12.2. The van der Waals surface area contributed by atoms with Crippen molar-refractivity contribution in [3.8, 4) is 5.75 Å². The molecule has 0 atom stereocenters. The molecule has 0 aliphatic rings. The molecule has 0 amide bonds. The lowest BCUT2D eigenvalue weighted by Gasteiger charge is -2.11. The topological polar surface area (TPSA) is 48.4 Å². The lowest BCUT2D eigenvalue weighted by molar-refractivity contribution is -0.139. The molecule has 1 heterocycles. The Kier molecular flexibility index (Phi) is 5.09. The summed E-state index contributed by atoms with van der Waals surface area (Å²) in [5.41, 5.74) is 3.49. The minimum absolute atomic E-state index is 0.226. The fraction of sp³-hybridized carbons (Fsp3) is 0.143. The number of para-hydroxylation sites is 1. The molecule has 4 nitrogen and oxygen atoms in total. The quantitative estimate of drug-likeness (QED) is 0.635. The normalized spacial score (nSPS) is 10.4. The van der Waals surface area contributed by atoms with Crippen molar-refractivity contribution in [1.29, 1.82) is 0 Å². The number of fused-ring (bicyclic) bond motifs is 1. The molecule has 0 fully saturated rings. The predicted molar refractivity (Wildman–Crippen MR) is 98.3 cm³/mol. The molecule has 0 aliphatic heterocycles. The van der Waals surface area contributed by atoms with E-state index in [0.717, 1.165) is 27.7 Å². The number of benzene rings is 2. The van der Waals surface area contributed by atoms with E-state index in [-0.39, 0.29) is 12.4 Å². The summed E-state index contributed by atoms with van der Waals surface area (Å²) in [7, 11) is 1.38. The lowest BCUT2D eigenvalue weighted by Crippen LogP contribution is -2.05. The van der Waals surface area contributed by atoms with E-state index in [9.17, 15) is 4.79 Å². The van der Waals surface area contributed by atoms with Crippen LogP contribution in [0.1, 0.15) is 16.8 Å². The van der Waals surface area contributed by atoms with Gasteiger partial charge in [0.15, 0.2) is 0 Å². The van der Waals surface area contributed by atoms with Crippen LogP contribution in [-0.4, -0.2) is 18.1 Å². The number of hydrogen-bond donors (Lipinski definition) is 0. The number of rotatable bonds is 6. The number of esters is 1. The maximum Gasteiger partial charge on any atom is 0.309 e. The summed E-state index contributed by atoms with van der Waals surface area (Å²) >= 11 is 0. The smallest absolute Gasteiger partial charge is 0.309 e. The van der Waals surface area contributed by atoms with E-state index in [1.54, 1.807) is 6.08 Å². The number of carbonyl (C=O) groups excluding carboxylic acids is 1. The zero-order valence-electron chi connectivity index (χ0n) is 14.1. The number of methoxy groups -OCH3 is 1.